The number of hydrogen-bond donors (Lipinski definition) is 1. The van der Waals surface area contributed by atoms with E-state index in [2.05, 4.69) is 10.3 Å². The molecule has 176 valence electrons. The van der Waals surface area contributed by atoms with Gasteiger partial charge in [-0.15, -0.1) is 0 Å². The van der Waals surface area contributed by atoms with Gasteiger partial charge in [0.25, 0.3) is 0 Å². The van der Waals surface area contributed by atoms with Crippen LogP contribution in [0.25, 0.3) is 0 Å². The van der Waals surface area contributed by atoms with Gasteiger partial charge in [-0.1, -0.05) is 47.2 Å². The number of para-hydroxylation sites is 1. The van der Waals surface area contributed by atoms with Gasteiger partial charge in [0.05, 0.1) is 29.6 Å². The van der Waals surface area contributed by atoms with Crippen LogP contribution in [0, 0.1) is 19.8 Å². The smallest absolute Gasteiger partial charge is 0.231 e. The highest BCUT2D eigenvalue weighted by Gasteiger charge is 2.42. The number of aromatic nitrogens is 1. The molecule has 7 nitrogen and oxygen atoms in total. The molecule has 1 N–H and O–H groups in total. The van der Waals surface area contributed by atoms with Gasteiger partial charge in [-0.3, -0.25) is 14.4 Å². The number of carbonyl (C=O) groups is 3. The van der Waals surface area contributed by atoms with E-state index < -0.39 is 12.0 Å². The molecule has 2 aromatic carbocycles. The monoisotopic (exact) mass is 477 g/mol. The van der Waals surface area contributed by atoms with Crippen molar-refractivity contribution >= 4 is 39.8 Å². The number of nitrogens with zero attached hydrogens (tertiary/aromatic N) is 2. The van der Waals surface area contributed by atoms with Crippen LogP contribution in [0.5, 0.6) is 5.75 Å². The molecule has 1 fully saturated rings. The van der Waals surface area contributed by atoms with Crippen LogP contribution in [-0.4, -0.2) is 29.7 Å². The van der Waals surface area contributed by atoms with Crippen LogP contribution in [0.15, 0.2) is 48.5 Å². The maximum Gasteiger partial charge on any atom is 0.231 e. The van der Waals surface area contributed by atoms with Crippen molar-refractivity contribution < 1.29 is 19.1 Å². The molecule has 3 aromatic rings. The minimum absolute atomic E-state index is 0.0484. The summed E-state index contributed by atoms with van der Waals surface area (Å²) < 4.78 is 5.61. The number of carbonyl (C=O) groups excluding carboxylic acids is 3. The second-order valence-electron chi connectivity index (χ2n) is 8.41. The predicted molar refractivity (Wildman–Crippen MR) is 133 cm³/mol. The Morgan fingerprint density at radius 3 is 2.47 bits per heavy atom. The lowest BCUT2D eigenvalue weighted by atomic mass is 9.82. The van der Waals surface area contributed by atoms with Crippen LogP contribution in [0.1, 0.15) is 52.3 Å². The second-order valence-corrected chi connectivity index (χ2v) is 9.41. The van der Waals surface area contributed by atoms with Crippen LogP contribution in [0.4, 0.5) is 10.8 Å². The Labute approximate surface area is 202 Å². The molecule has 0 saturated carbocycles. The molecule has 1 aliphatic heterocycles. The van der Waals surface area contributed by atoms with Crippen LogP contribution < -0.4 is 15.0 Å². The molecule has 2 atom stereocenters. The molecule has 1 saturated heterocycles. The number of benzene rings is 2. The first-order valence-electron chi connectivity index (χ1n) is 11.1. The number of amides is 2. The molecule has 8 heteroatoms. The Balaban J connectivity index is 1.76. The number of aryl methyl sites for hydroxylation is 2. The lowest BCUT2D eigenvalue weighted by Crippen LogP contribution is -2.47. The number of ether oxygens (including phenoxy) is 1. The van der Waals surface area contributed by atoms with E-state index in [0.717, 1.165) is 16.8 Å². The van der Waals surface area contributed by atoms with E-state index in [4.69, 9.17) is 4.74 Å². The van der Waals surface area contributed by atoms with Crippen molar-refractivity contribution in [2.24, 2.45) is 5.92 Å². The number of hydrogen-bond acceptors (Lipinski definition) is 6. The van der Waals surface area contributed by atoms with Crippen molar-refractivity contribution in [1.82, 2.24) is 4.98 Å². The number of Topliss-reactive ketones (excluding diaryl/α,β-unsaturated/α-hetero) is 1. The molecule has 0 aliphatic carbocycles. The van der Waals surface area contributed by atoms with Crippen LogP contribution >= 0.6 is 11.3 Å². The highest BCUT2D eigenvalue weighted by Crippen LogP contribution is 2.43. The molecular weight excluding hydrogens is 450 g/mol. The summed E-state index contributed by atoms with van der Waals surface area (Å²) in [6, 6.07) is 14.6. The van der Waals surface area contributed by atoms with Gasteiger partial charge in [0.1, 0.15) is 5.75 Å². The summed E-state index contributed by atoms with van der Waals surface area (Å²) in [6.45, 7) is 5.22. The van der Waals surface area contributed by atoms with Crippen molar-refractivity contribution in [1.29, 1.82) is 0 Å². The van der Waals surface area contributed by atoms with Crippen LogP contribution in [0.2, 0.25) is 0 Å². The molecule has 1 aliphatic rings. The summed E-state index contributed by atoms with van der Waals surface area (Å²) in [4.78, 5) is 45.2. The molecule has 4 rings (SSSR count). The summed E-state index contributed by atoms with van der Waals surface area (Å²) in [6.07, 6.45) is 0.632. The first kappa shape index (κ1) is 23.6. The van der Waals surface area contributed by atoms with E-state index >= 15 is 0 Å². The van der Waals surface area contributed by atoms with E-state index in [1.54, 1.807) is 18.9 Å². The highest BCUT2D eigenvalue weighted by molar-refractivity contribution is 7.17. The van der Waals surface area contributed by atoms with Gasteiger partial charge < -0.3 is 15.0 Å². The quantitative estimate of drug-likeness (QED) is 0.500. The third kappa shape index (κ3) is 4.59. The van der Waals surface area contributed by atoms with Gasteiger partial charge in [0.2, 0.25) is 11.8 Å². The summed E-state index contributed by atoms with van der Waals surface area (Å²) >= 11 is 1.17. The number of piperidine rings is 1. The number of rotatable bonds is 6. The summed E-state index contributed by atoms with van der Waals surface area (Å²) in [5, 5.41) is 3.28. The van der Waals surface area contributed by atoms with Crippen molar-refractivity contribution in [3.8, 4) is 5.75 Å². The van der Waals surface area contributed by atoms with Gasteiger partial charge in [0, 0.05) is 24.6 Å². The largest absolute Gasteiger partial charge is 0.496 e. The second kappa shape index (κ2) is 9.77. The molecule has 1 aromatic heterocycles. The average molecular weight is 478 g/mol. The Morgan fingerprint density at radius 2 is 1.82 bits per heavy atom. The number of nitrogens with one attached hydrogen (secondary N) is 1. The normalized spacial score (nSPS) is 18.0. The fourth-order valence-corrected chi connectivity index (χ4v) is 5.28. The number of ketones is 1. The van der Waals surface area contributed by atoms with E-state index in [1.807, 2.05) is 55.5 Å². The van der Waals surface area contributed by atoms with E-state index in [-0.39, 0.29) is 24.0 Å². The van der Waals surface area contributed by atoms with Crippen molar-refractivity contribution in [3.63, 3.8) is 0 Å². The first-order chi connectivity index (χ1) is 16.3. The Morgan fingerprint density at radius 1 is 1.12 bits per heavy atom. The molecular formula is C26H27N3O4S. The highest BCUT2D eigenvalue weighted by atomic mass is 32.1. The van der Waals surface area contributed by atoms with Gasteiger partial charge in [-0.2, -0.15) is 0 Å². The van der Waals surface area contributed by atoms with Crippen molar-refractivity contribution in [2.75, 3.05) is 17.3 Å². The number of thiazole rings is 1. The molecule has 0 bridgehead atoms. The molecule has 2 amide bonds. The minimum Gasteiger partial charge on any atom is -0.496 e. The topological polar surface area (TPSA) is 88.6 Å². The Kier molecular flexibility index (Phi) is 6.79. The zero-order chi connectivity index (χ0) is 24.4. The molecule has 0 spiro atoms. The lowest BCUT2D eigenvalue weighted by Gasteiger charge is -2.41. The van der Waals surface area contributed by atoms with Gasteiger partial charge in [-0.05, 0) is 38.5 Å². The third-order valence-corrected chi connectivity index (χ3v) is 7.22. The lowest BCUT2D eigenvalue weighted by molar-refractivity contribution is -0.126. The van der Waals surface area contributed by atoms with Gasteiger partial charge >= 0.3 is 0 Å². The van der Waals surface area contributed by atoms with E-state index in [1.165, 1.54) is 18.3 Å². The molecule has 2 heterocycles. The fraction of sp³-hybridized carbons (Fsp3) is 0.308. The summed E-state index contributed by atoms with van der Waals surface area (Å²) in [5.74, 6) is -0.310. The van der Waals surface area contributed by atoms with Crippen LogP contribution in [0.3, 0.4) is 0 Å². The third-order valence-electron chi connectivity index (χ3n) is 6.05. The van der Waals surface area contributed by atoms with Crippen molar-refractivity contribution in [2.45, 2.75) is 39.7 Å². The predicted octanol–water partition coefficient (Wildman–Crippen LogP) is 5.09. The molecule has 34 heavy (non-hydrogen) atoms. The standard InChI is InChI=1S/C26H27N3O4S/c1-15-9-11-18(12-10-15)29-22(31)14-13-20(23(29)19-7-5-6-8-21(19)33-4)25(32)28-26-27-16(2)24(34-26)17(3)30/h5-12,20,23H,13-14H2,1-4H3,(H,27,28,32). The SMILES string of the molecule is COc1ccccc1C1C(C(=O)Nc2nc(C)c(C(C)=O)s2)CCC(=O)N1c1ccc(C)cc1. The number of anilines is 2. The Bertz CT molecular complexity index is 1240. The van der Waals surface area contributed by atoms with Gasteiger partial charge in [0.15, 0.2) is 10.9 Å². The number of methoxy groups -OCH3 is 1. The first-order valence-corrected chi connectivity index (χ1v) is 11.9. The van der Waals surface area contributed by atoms with Crippen LogP contribution in [-0.2, 0) is 9.59 Å². The summed E-state index contributed by atoms with van der Waals surface area (Å²) in [7, 11) is 1.58. The van der Waals surface area contributed by atoms with Gasteiger partial charge in [-0.25, -0.2) is 4.98 Å². The fourth-order valence-electron chi connectivity index (χ4n) is 4.42. The van der Waals surface area contributed by atoms with E-state index in [9.17, 15) is 14.4 Å². The maximum absolute atomic E-state index is 13.6. The zero-order valence-electron chi connectivity index (χ0n) is 19.6. The molecule has 0 radical (unpaired) electrons. The van der Waals surface area contributed by atoms with Crippen molar-refractivity contribution in [3.05, 3.63) is 70.2 Å². The van der Waals surface area contributed by atoms with E-state index in [0.29, 0.717) is 27.9 Å². The maximum atomic E-state index is 13.6. The average Bonchev–Trinajstić information content (AvgIpc) is 3.19. The Hall–Kier alpha value is -3.52. The summed E-state index contributed by atoms with van der Waals surface area (Å²) in [5.41, 5.74) is 3.16. The molecule has 2 unspecified atom stereocenters. The minimum atomic E-state index is -0.562. The zero-order valence-corrected chi connectivity index (χ0v) is 20.4.